The van der Waals surface area contributed by atoms with Crippen LogP contribution in [0.2, 0.25) is 0 Å². The highest BCUT2D eigenvalue weighted by atomic mass is 32.2. The van der Waals surface area contributed by atoms with Crippen molar-refractivity contribution in [3.05, 3.63) is 58.1 Å². The lowest BCUT2D eigenvalue weighted by Gasteiger charge is -2.09. The van der Waals surface area contributed by atoms with Crippen molar-refractivity contribution in [2.75, 3.05) is 23.5 Å². The van der Waals surface area contributed by atoms with Crippen LogP contribution in [-0.4, -0.2) is 33.9 Å². The van der Waals surface area contributed by atoms with Gasteiger partial charge in [-0.3, -0.25) is 14.9 Å². The molecule has 0 saturated heterocycles. The topological polar surface area (TPSA) is 119 Å². The molecular formula is C18H17N5O4S2. The van der Waals surface area contributed by atoms with Crippen LogP contribution in [0.3, 0.4) is 0 Å². The van der Waals surface area contributed by atoms with E-state index in [0.717, 1.165) is 11.3 Å². The predicted molar refractivity (Wildman–Crippen MR) is 113 cm³/mol. The van der Waals surface area contributed by atoms with Gasteiger partial charge in [0.1, 0.15) is 5.75 Å². The molecule has 0 spiro atoms. The summed E-state index contributed by atoms with van der Waals surface area (Å²) in [5.41, 5.74) is 2.30. The number of benzene rings is 2. The number of methoxy groups -OCH3 is 1. The number of aryl methyl sites for hydroxylation is 1. The van der Waals surface area contributed by atoms with Gasteiger partial charge in [-0.05, 0) is 30.7 Å². The summed E-state index contributed by atoms with van der Waals surface area (Å²) >= 11 is 2.59. The van der Waals surface area contributed by atoms with Gasteiger partial charge in [-0.25, -0.2) is 0 Å². The Kier molecular flexibility index (Phi) is 6.62. The molecule has 0 aliphatic heterocycles. The van der Waals surface area contributed by atoms with Crippen LogP contribution in [0.15, 0.2) is 46.8 Å². The molecule has 0 radical (unpaired) electrons. The number of rotatable bonds is 8. The number of anilines is 3. The van der Waals surface area contributed by atoms with E-state index in [1.807, 2.05) is 31.2 Å². The molecule has 0 aliphatic carbocycles. The highest BCUT2D eigenvalue weighted by molar-refractivity contribution is 8.01. The zero-order chi connectivity index (χ0) is 20.8. The molecule has 11 heteroatoms. The molecule has 29 heavy (non-hydrogen) atoms. The average molecular weight is 431 g/mol. The van der Waals surface area contributed by atoms with E-state index in [0.29, 0.717) is 15.2 Å². The average Bonchev–Trinajstić information content (AvgIpc) is 3.14. The smallest absolute Gasteiger partial charge is 0.273 e. The first-order valence-corrected chi connectivity index (χ1v) is 10.2. The van der Waals surface area contributed by atoms with Crippen LogP contribution in [-0.2, 0) is 4.79 Å². The van der Waals surface area contributed by atoms with Crippen molar-refractivity contribution in [3.63, 3.8) is 0 Å². The van der Waals surface area contributed by atoms with Gasteiger partial charge >= 0.3 is 0 Å². The van der Waals surface area contributed by atoms with Crippen molar-refractivity contribution >= 4 is 51.2 Å². The Morgan fingerprint density at radius 3 is 2.83 bits per heavy atom. The van der Waals surface area contributed by atoms with E-state index >= 15 is 0 Å². The number of thioether (sulfide) groups is 1. The van der Waals surface area contributed by atoms with Crippen molar-refractivity contribution in [3.8, 4) is 5.75 Å². The first-order chi connectivity index (χ1) is 13.9. The minimum absolute atomic E-state index is 0.110. The fourth-order valence-corrected chi connectivity index (χ4v) is 3.95. The van der Waals surface area contributed by atoms with Crippen molar-refractivity contribution in [2.24, 2.45) is 0 Å². The van der Waals surface area contributed by atoms with Crippen LogP contribution in [0.25, 0.3) is 0 Å². The fourth-order valence-electron chi connectivity index (χ4n) is 2.38. The Bertz CT molecular complexity index is 1040. The van der Waals surface area contributed by atoms with Crippen molar-refractivity contribution < 1.29 is 14.5 Å². The molecule has 2 N–H and O–H groups in total. The maximum atomic E-state index is 12.2. The molecule has 0 atom stereocenters. The molecule has 3 rings (SSSR count). The molecule has 0 unspecified atom stereocenters. The predicted octanol–water partition coefficient (Wildman–Crippen LogP) is 4.24. The lowest BCUT2D eigenvalue weighted by Crippen LogP contribution is -2.14. The van der Waals surface area contributed by atoms with Crippen LogP contribution < -0.4 is 15.4 Å². The first-order valence-electron chi connectivity index (χ1n) is 8.37. The summed E-state index contributed by atoms with van der Waals surface area (Å²) in [7, 11) is 1.38. The zero-order valence-corrected chi connectivity index (χ0v) is 17.2. The van der Waals surface area contributed by atoms with E-state index in [1.165, 1.54) is 48.4 Å². The monoisotopic (exact) mass is 431 g/mol. The number of nitrogens with zero attached hydrogens (tertiary/aromatic N) is 3. The standard InChI is InChI=1S/C18H17N5O4S2/c1-11-4-3-5-12(8-11)19-17-21-22-18(29-17)28-10-16(24)20-14-7-6-13(23(25)26)9-15(14)27-2/h3-9H,10H2,1-2H3,(H,19,21)(H,20,24). The van der Waals surface area contributed by atoms with Gasteiger partial charge in [0.05, 0.1) is 29.5 Å². The first kappa shape index (κ1) is 20.6. The Labute approximate surface area is 174 Å². The highest BCUT2D eigenvalue weighted by Crippen LogP contribution is 2.30. The number of hydrogen-bond acceptors (Lipinski definition) is 9. The third-order valence-corrected chi connectivity index (χ3v) is 5.64. The summed E-state index contributed by atoms with van der Waals surface area (Å²) in [5.74, 6) is 0.0443. The van der Waals surface area contributed by atoms with Gasteiger partial charge in [-0.1, -0.05) is 35.2 Å². The van der Waals surface area contributed by atoms with E-state index in [9.17, 15) is 14.9 Å². The number of nitro benzene ring substituents is 1. The third-order valence-electron chi connectivity index (χ3n) is 3.67. The normalized spacial score (nSPS) is 10.4. The minimum atomic E-state index is -0.526. The maximum Gasteiger partial charge on any atom is 0.273 e. The molecule has 150 valence electrons. The molecule has 1 heterocycles. The van der Waals surface area contributed by atoms with E-state index in [2.05, 4.69) is 20.8 Å². The summed E-state index contributed by atoms with van der Waals surface area (Å²) < 4.78 is 5.76. The number of amides is 1. The van der Waals surface area contributed by atoms with Gasteiger partial charge in [0, 0.05) is 11.8 Å². The Hall–Kier alpha value is -3.18. The molecule has 0 bridgehead atoms. The summed E-state index contributed by atoms with van der Waals surface area (Å²) in [4.78, 5) is 22.5. The Balaban J connectivity index is 1.56. The number of nitrogens with one attached hydrogen (secondary N) is 2. The number of aromatic nitrogens is 2. The van der Waals surface area contributed by atoms with E-state index < -0.39 is 4.92 Å². The summed E-state index contributed by atoms with van der Waals surface area (Å²) in [6, 6.07) is 11.9. The molecule has 1 aromatic heterocycles. The van der Waals surface area contributed by atoms with E-state index in [4.69, 9.17) is 4.74 Å². The van der Waals surface area contributed by atoms with Gasteiger partial charge in [0.25, 0.3) is 5.69 Å². The Morgan fingerprint density at radius 1 is 1.28 bits per heavy atom. The largest absolute Gasteiger partial charge is 0.494 e. The van der Waals surface area contributed by atoms with E-state index in [-0.39, 0.29) is 23.1 Å². The molecule has 9 nitrogen and oxygen atoms in total. The fraction of sp³-hybridized carbons (Fsp3) is 0.167. The van der Waals surface area contributed by atoms with Crippen LogP contribution in [0.1, 0.15) is 5.56 Å². The van der Waals surface area contributed by atoms with Gasteiger partial charge in [-0.2, -0.15) is 0 Å². The van der Waals surface area contributed by atoms with Gasteiger partial charge < -0.3 is 15.4 Å². The molecule has 2 aromatic carbocycles. The number of carbonyl (C=O) groups excluding carboxylic acids is 1. The van der Waals surface area contributed by atoms with Gasteiger partial charge in [-0.15, -0.1) is 10.2 Å². The molecule has 0 fully saturated rings. The van der Waals surface area contributed by atoms with Crippen LogP contribution >= 0.6 is 23.1 Å². The second-order valence-corrected chi connectivity index (χ2v) is 8.05. The third kappa shape index (κ3) is 5.65. The van der Waals surface area contributed by atoms with Gasteiger partial charge in [0.15, 0.2) is 4.34 Å². The maximum absolute atomic E-state index is 12.2. The number of carbonyl (C=O) groups is 1. The lowest BCUT2D eigenvalue weighted by molar-refractivity contribution is -0.384. The SMILES string of the molecule is COc1cc([N+](=O)[O-])ccc1NC(=O)CSc1nnc(Nc2cccc(C)c2)s1. The number of nitro groups is 1. The Morgan fingerprint density at radius 2 is 2.10 bits per heavy atom. The number of hydrogen-bond donors (Lipinski definition) is 2. The van der Waals surface area contributed by atoms with Crippen LogP contribution in [0.4, 0.5) is 22.2 Å². The quantitative estimate of drug-likeness (QED) is 0.309. The second-order valence-electron chi connectivity index (χ2n) is 5.85. The number of ether oxygens (including phenoxy) is 1. The van der Waals surface area contributed by atoms with Crippen molar-refractivity contribution in [1.29, 1.82) is 0 Å². The minimum Gasteiger partial charge on any atom is -0.494 e. The second kappa shape index (κ2) is 9.34. The number of non-ortho nitro benzene ring substituents is 1. The molecule has 1 amide bonds. The van der Waals surface area contributed by atoms with Crippen LogP contribution in [0.5, 0.6) is 5.75 Å². The zero-order valence-electron chi connectivity index (χ0n) is 15.5. The lowest BCUT2D eigenvalue weighted by atomic mass is 10.2. The highest BCUT2D eigenvalue weighted by Gasteiger charge is 2.14. The molecular weight excluding hydrogens is 414 g/mol. The van der Waals surface area contributed by atoms with E-state index in [1.54, 1.807) is 0 Å². The molecule has 0 aliphatic rings. The van der Waals surface area contributed by atoms with Crippen molar-refractivity contribution in [1.82, 2.24) is 10.2 Å². The van der Waals surface area contributed by atoms with Crippen molar-refractivity contribution in [2.45, 2.75) is 11.3 Å². The molecule has 3 aromatic rings. The summed E-state index contributed by atoms with van der Waals surface area (Å²) in [6.45, 7) is 2.01. The molecule has 0 saturated carbocycles. The van der Waals surface area contributed by atoms with Gasteiger partial charge in [0.2, 0.25) is 11.0 Å². The van der Waals surface area contributed by atoms with Crippen LogP contribution in [0, 0.1) is 17.0 Å². The summed E-state index contributed by atoms with van der Waals surface area (Å²) in [6.07, 6.45) is 0. The summed E-state index contributed by atoms with van der Waals surface area (Å²) in [5, 5.41) is 25.5.